The molecule has 2 fully saturated rings. The van der Waals surface area contributed by atoms with E-state index in [0.29, 0.717) is 18.1 Å². The van der Waals surface area contributed by atoms with Gasteiger partial charge >= 0.3 is 0 Å². The van der Waals surface area contributed by atoms with Gasteiger partial charge in [-0.25, -0.2) is 0 Å². The second-order valence-electron chi connectivity index (χ2n) is 7.17. The molecule has 0 bridgehead atoms. The van der Waals surface area contributed by atoms with Crippen LogP contribution in [-0.2, 0) is 11.2 Å². The van der Waals surface area contributed by atoms with Gasteiger partial charge in [-0.1, -0.05) is 13.8 Å². The first-order valence-corrected chi connectivity index (χ1v) is 10.2. The second kappa shape index (κ2) is 7.83. The van der Waals surface area contributed by atoms with Crippen LogP contribution < -0.4 is 10.6 Å². The van der Waals surface area contributed by atoms with Crippen molar-refractivity contribution in [3.05, 3.63) is 24.2 Å². The van der Waals surface area contributed by atoms with Crippen molar-refractivity contribution >= 4 is 17.7 Å². The summed E-state index contributed by atoms with van der Waals surface area (Å²) in [6.07, 6.45) is 6.24. The van der Waals surface area contributed by atoms with Crippen molar-refractivity contribution in [3.8, 4) is 0 Å². The molecular weight excluding hydrogens is 322 g/mol. The van der Waals surface area contributed by atoms with Crippen LogP contribution in [0.4, 0.5) is 0 Å². The van der Waals surface area contributed by atoms with Gasteiger partial charge in [-0.2, -0.15) is 11.8 Å². The molecule has 0 radical (unpaired) electrons. The standard InChI is InChI=1S/C18H29N3O2S/c1-18(2)15(14-7-11-23-16(14)18)21-17(20-9-12-24-3)19-8-6-13-5-4-10-22-13/h4-5,10,14-16H,6-9,11-12H2,1-3H3,(H2,19,20,21). The lowest BCUT2D eigenvalue weighted by Crippen LogP contribution is -2.68. The molecule has 2 aliphatic rings. The average molecular weight is 352 g/mol. The SMILES string of the molecule is CSCCN=C(NCCc1ccco1)NC1C2CCOC2C1(C)C. The third-order valence-electron chi connectivity index (χ3n) is 5.20. The number of fused-ring (bicyclic) bond motifs is 1. The molecule has 3 rings (SSSR count). The molecule has 24 heavy (non-hydrogen) atoms. The molecule has 1 aromatic rings. The topological polar surface area (TPSA) is 58.8 Å². The molecule has 3 unspecified atom stereocenters. The molecule has 1 aromatic heterocycles. The highest BCUT2D eigenvalue weighted by molar-refractivity contribution is 7.98. The minimum atomic E-state index is 0.157. The van der Waals surface area contributed by atoms with Gasteiger partial charge in [0, 0.05) is 42.7 Å². The summed E-state index contributed by atoms with van der Waals surface area (Å²) >= 11 is 1.82. The Labute approximate surface area is 149 Å². The van der Waals surface area contributed by atoms with Crippen molar-refractivity contribution in [3.63, 3.8) is 0 Å². The van der Waals surface area contributed by atoms with E-state index in [0.717, 1.165) is 50.0 Å². The van der Waals surface area contributed by atoms with Gasteiger partial charge in [0.1, 0.15) is 5.76 Å². The van der Waals surface area contributed by atoms with E-state index in [1.807, 2.05) is 23.9 Å². The molecule has 2 heterocycles. The molecule has 1 saturated heterocycles. The number of hydrogen-bond donors (Lipinski definition) is 2. The fraction of sp³-hybridized carbons (Fsp3) is 0.722. The highest BCUT2D eigenvalue weighted by Gasteiger charge is 2.59. The first kappa shape index (κ1) is 17.7. The van der Waals surface area contributed by atoms with E-state index in [1.54, 1.807) is 6.26 Å². The van der Waals surface area contributed by atoms with Gasteiger partial charge in [-0.15, -0.1) is 0 Å². The maximum Gasteiger partial charge on any atom is 0.191 e. The summed E-state index contributed by atoms with van der Waals surface area (Å²) in [5.74, 6) is 3.56. The summed E-state index contributed by atoms with van der Waals surface area (Å²) in [5, 5.41) is 7.14. The minimum Gasteiger partial charge on any atom is -0.469 e. The molecule has 6 heteroatoms. The molecule has 0 amide bonds. The Bertz CT molecular complexity index is 544. The van der Waals surface area contributed by atoms with Crippen LogP contribution in [0.5, 0.6) is 0 Å². The largest absolute Gasteiger partial charge is 0.469 e. The van der Waals surface area contributed by atoms with Crippen molar-refractivity contribution in [2.24, 2.45) is 16.3 Å². The molecule has 5 nitrogen and oxygen atoms in total. The zero-order chi connectivity index (χ0) is 17.0. The quantitative estimate of drug-likeness (QED) is 0.449. The van der Waals surface area contributed by atoms with Gasteiger partial charge < -0.3 is 19.8 Å². The summed E-state index contributed by atoms with van der Waals surface area (Å²) < 4.78 is 11.3. The summed E-state index contributed by atoms with van der Waals surface area (Å²) in [4.78, 5) is 4.74. The maximum absolute atomic E-state index is 5.89. The lowest BCUT2D eigenvalue weighted by Gasteiger charge is -2.54. The molecule has 134 valence electrons. The molecule has 2 N–H and O–H groups in total. The van der Waals surface area contributed by atoms with Crippen LogP contribution in [-0.4, -0.2) is 49.8 Å². The second-order valence-corrected chi connectivity index (χ2v) is 8.15. The van der Waals surface area contributed by atoms with Gasteiger partial charge in [-0.3, -0.25) is 4.99 Å². The number of rotatable bonds is 7. The molecule has 3 atom stereocenters. The van der Waals surface area contributed by atoms with Crippen molar-refractivity contribution in [2.75, 3.05) is 31.7 Å². The molecule has 1 aliphatic heterocycles. The predicted molar refractivity (Wildman–Crippen MR) is 99.7 cm³/mol. The average Bonchev–Trinajstić information content (AvgIpc) is 3.22. The van der Waals surface area contributed by atoms with E-state index < -0.39 is 0 Å². The van der Waals surface area contributed by atoms with Crippen molar-refractivity contribution in [2.45, 2.75) is 38.8 Å². The van der Waals surface area contributed by atoms with E-state index in [9.17, 15) is 0 Å². The Kier molecular flexibility index (Phi) is 5.76. The zero-order valence-electron chi connectivity index (χ0n) is 14.9. The number of thioether (sulfide) groups is 1. The fourth-order valence-electron chi connectivity index (χ4n) is 3.92. The lowest BCUT2D eigenvalue weighted by molar-refractivity contribution is -0.106. The Morgan fingerprint density at radius 1 is 1.46 bits per heavy atom. The van der Waals surface area contributed by atoms with Crippen LogP contribution in [0.3, 0.4) is 0 Å². The van der Waals surface area contributed by atoms with E-state index in [4.69, 9.17) is 14.1 Å². The molecule has 0 aromatic carbocycles. The summed E-state index contributed by atoms with van der Waals surface area (Å²) in [6, 6.07) is 4.36. The van der Waals surface area contributed by atoms with E-state index in [-0.39, 0.29) is 5.41 Å². The van der Waals surface area contributed by atoms with E-state index in [1.165, 1.54) is 0 Å². The van der Waals surface area contributed by atoms with Crippen LogP contribution in [0.25, 0.3) is 0 Å². The van der Waals surface area contributed by atoms with Crippen molar-refractivity contribution in [1.29, 1.82) is 0 Å². The van der Waals surface area contributed by atoms with Crippen LogP contribution >= 0.6 is 11.8 Å². The minimum absolute atomic E-state index is 0.157. The van der Waals surface area contributed by atoms with Gasteiger partial charge in [0.15, 0.2) is 5.96 Å². The van der Waals surface area contributed by atoms with Crippen molar-refractivity contribution in [1.82, 2.24) is 10.6 Å². The third-order valence-corrected chi connectivity index (χ3v) is 5.79. The number of ether oxygens (including phenoxy) is 1. The van der Waals surface area contributed by atoms with Gasteiger partial charge in [-0.05, 0) is 24.8 Å². The van der Waals surface area contributed by atoms with Gasteiger partial charge in [0.05, 0.1) is 18.9 Å². The normalized spacial score (nSPS) is 28.3. The Hall–Kier alpha value is -1.14. The highest BCUT2D eigenvalue weighted by atomic mass is 32.2. The Morgan fingerprint density at radius 2 is 2.33 bits per heavy atom. The maximum atomic E-state index is 5.89. The smallest absolute Gasteiger partial charge is 0.191 e. The van der Waals surface area contributed by atoms with Crippen LogP contribution in [0, 0.1) is 11.3 Å². The number of nitrogens with zero attached hydrogens (tertiary/aromatic N) is 1. The highest BCUT2D eigenvalue weighted by Crippen LogP contribution is 2.52. The van der Waals surface area contributed by atoms with E-state index >= 15 is 0 Å². The molecule has 0 spiro atoms. The van der Waals surface area contributed by atoms with Crippen LogP contribution in [0.2, 0.25) is 0 Å². The fourth-order valence-corrected chi connectivity index (χ4v) is 4.20. The third kappa shape index (κ3) is 3.75. The summed E-state index contributed by atoms with van der Waals surface area (Å²) in [6.45, 7) is 7.12. The molecular formula is C18H29N3O2S. The van der Waals surface area contributed by atoms with Crippen LogP contribution in [0.1, 0.15) is 26.0 Å². The van der Waals surface area contributed by atoms with Gasteiger partial charge in [0.2, 0.25) is 0 Å². The lowest BCUT2D eigenvalue weighted by atomic mass is 9.57. The van der Waals surface area contributed by atoms with Crippen molar-refractivity contribution < 1.29 is 9.15 Å². The number of furan rings is 1. The number of guanidine groups is 1. The zero-order valence-corrected chi connectivity index (χ0v) is 15.7. The monoisotopic (exact) mass is 351 g/mol. The van der Waals surface area contributed by atoms with E-state index in [2.05, 4.69) is 30.7 Å². The summed E-state index contributed by atoms with van der Waals surface area (Å²) in [5.41, 5.74) is 0.157. The number of hydrogen-bond acceptors (Lipinski definition) is 4. The first-order chi connectivity index (χ1) is 11.6. The van der Waals surface area contributed by atoms with Crippen LogP contribution in [0.15, 0.2) is 27.8 Å². The molecule has 1 saturated carbocycles. The Morgan fingerprint density at radius 3 is 3.08 bits per heavy atom. The summed E-state index contributed by atoms with van der Waals surface area (Å²) in [7, 11) is 0. The number of aliphatic imine (C=N–C) groups is 1. The Balaban J connectivity index is 1.56. The first-order valence-electron chi connectivity index (χ1n) is 8.80. The molecule has 1 aliphatic carbocycles. The number of nitrogens with one attached hydrogen (secondary N) is 2. The predicted octanol–water partition coefficient (Wildman–Crippen LogP) is 2.53. The van der Waals surface area contributed by atoms with Gasteiger partial charge in [0.25, 0.3) is 0 Å².